The molecule has 13 heteroatoms. The average molecular weight is 402 g/mol. The van der Waals surface area contributed by atoms with Gasteiger partial charge in [-0.1, -0.05) is 7.43 Å². The lowest BCUT2D eigenvalue weighted by molar-refractivity contribution is -0.170. The van der Waals surface area contributed by atoms with Crippen molar-refractivity contribution in [2.45, 2.75) is 32.8 Å². The molecule has 13 nitrogen and oxygen atoms in total. The van der Waals surface area contributed by atoms with Gasteiger partial charge in [0.15, 0.2) is 5.60 Å². The molecule has 0 rings (SSSR count). The Hall–Kier alpha value is -2.32. The van der Waals surface area contributed by atoms with Crippen LogP contribution in [0.2, 0.25) is 0 Å². The number of carbonyl (C=O) groups is 4. The van der Waals surface area contributed by atoms with Crippen LogP contribution < -0.4 is 22.5 Å². The summed E-state index contributed by atoms with van der Waals surface area (Å²) in [5, 5.41) is 44.3. The Morgan fingerprint density at radius 1 is 0.852 bits per heavy atom. The van der Waals surface area contributed by atoms with Gasteiger partial charge in [0, 0.05) is 33.1 Å². The minimum absolute atomic E-state index is 0. The Bertz CT molecular complexity index is 382. The molecule has 0 heterocycles. The Morgan fingerprint density at radius 3 is 1.26 bits per heavy atom. The quantitative estimate of drug-likeness (QED) is 0.181. The van der Waals surface area contributed by atoms with Gasteiger partial charge >= 0.3 is 17.9 Å². The summed E-state index contributed by atoms with van der Waals surface area (Å²) in [5.74, 6) is -5.85. The summed E-state index contributed by atoms with van der Waals surface area (Å²) in [6.07, 6.45) is -2.29. The number of hydrogen-bond acceptors (Lipinski definition) is 9. The molecule has 0 aliphatic rings. The van der Waals surface area contributed by atoms with Gasteiger partial charge in [-0.05, 0) is 7.05 Å². The topological polar surface area (TPSA) is 260 Å². The van der Waals surface area contributed by atoms with Crippen LogP contribution in [-0.2, 0) is 19.2 Å². The number of aliphatic hydroxyl groups is 1. The highest BCUT2D eigenvalue weighted by Crippen LogP contribution is 2.15. The van der Waals surface area contributed by atoms with Crippen molar-refractivity contribution in [1.29, 1.82) is 0 Å². The van der Waals surface area contributed by atoms with Crippen LogP contribution in [0.5, 0.6) is 0 Å². The van der Waals surface area contributed by atoms with E-state index in [1.54, 1.807) is 0 Å². The van der Waals surface area contributed by atoms with Crippen LogP contribution in [-0.4, -0.2) is 88.2 Å². The molecule has 0 bridgehead atoms. The number of carboxylic acid groups (broad SMARTS) is 4. The number of nitrogens with one attached hydrogen (secondary N) is 1. The van der Waals surface area contributed by atoms with Gasteiger partial charge < -0.3 is 48.1 Å². The number of aliphatic carboxylic acids is 4. The third-order valence-electron chi connectivity index (χ3n) is 1.93. The molecule has 0 atom stereocenters. The van der Waals surface area contributed by atoms with Crippen molar-refractivity contribution in [2.75, 3.05) is 33.2 Å². The predicted molar refractivity (Wildman–Crippen MR) is 98.2 cm³/mol. The maximum Gasteiger partial charge on any atom is 0.336 e. The second-order valence-corrected chi connectivity index (χ2v) is 4.32. The molecule has 0 aromatic heterocycles. The molecule has 0 unspecified atom stereocenters. The van der Waals surface area contributed by atoms with E-state index in [1.165, 1.54) is 7.05 Å². The van der Waals surface area contributed by atoms with Crippen LogP contribution in [0.1, 0.15) is 27.2 Å². The van der Waals surface area contributed by atoms with E-state index in [0.29, 0.717) is 13.1 Å². The zero-order valence-corrected chi connectivity index (χ0v) is 14.8. The third kappa shape index (κ3) is 35.6. The maximum atomic E-state index is 10.3. The highest BCUT2D eigenvalue weighted by atomic mass is 16.4. The van der Waals surface area contributed by atoms with Crippen molar-refractivity contribution in [3.63, 3.8) is 0 Å². The number of carboxylic acids is 4. The summed E-state index contributed by atoms with van der Waals surface area (Å²) in [5.41, 5.74) is 12.1. The summed E-state index contributed by atoms with van der Waals surface area (Å²) in [6, 6.07) is 0. The summed E-state index contributed by atoms with van der Waals surface area (Å²) in [4.78, 5) is 39.5. The summed E-state index contributed by atoms with van der Waals surface area (Å²) >= 11 is 0. The predicted octanol–water partition coefficient (Wildman–Crippen LogP) is -2.45. The Balaban J connectivity index is -0.0000000974. The van der Waals surface area contributed by atoms with Crippen molar-refractivity contribution < 1.29 is 44.7 Å². The van der Waals surface area contributed by atoms with E-state index in [0.717, 1.165) is 20.0 Å². The van der Waals surface area contributed by atoms with Gasteiger partial charge in [0.1, 0.15) is 0 Å². The van der Waals surface area contributed by atoms with E-state index in [1.807, 2.05) is 0 Å². The first kappa shape index (κ1) is 35.7. The highest BCUT2D eigenvalue weighted by molar-refractivity contribution is 5.88. The first-order valence-electron chi connectivity index (χ1n) is 7.20. The molecule has 27 heavy (non-hydrogen) atoms. The fourth-order valence-electron chi connectivity index (χ4n) is 1.04. The van der Waals surface area contributed by atoms with Crippen molar-refractivity contribution >= 4 is 23.9 Å². The van der Waals surface area contributed by atoms with Gasteiger partial charge in [-0.15, -0.1) is 0 Å². The van der Waals surface area contributed by atoms with Crippen molar-refractivity contribution in [3.05, 3.63) is 0 Å². The first-order chi connectivity index (χ1) is 11.9. The Labute approximate surface area is 158 Å². The lowest BCUT2D eigenvalue weighted by atomic mass is 9.96. The number of rotatable bonds is 9. The zero-order valence-electron chi connectivity index (χ0n) is 14.8. The molecule has 0 aromatic rings. The summed E-state index contributed by atoms with van der Waals surface area (Å²) < 4.78 is 0. The van der Waals surface area contributed by atoms with E-state index in [9.17, 15) is 14.4 Å². The van der Waals surface area contributed by atoms with Crippen molar-refractivity contribution in [3.8, 4) is 0 Å². The van der Waals surface area contributed by atoms with Crippen LogP contribution in [0.4, 0.5) is 0 Å². The van der Waals surface area contributed by atoms with Gasteiger partial charge in [0.05, 0.1) is 12.8 Å². The average Bonchev–Trinajstić information content (AvgIpc) is 2.48. The SMILES string of the molecule is C.CC(=O)O.CN.NCCNCCN.O=C(O)CC(O)(CC(=O)O)C(=O)O. The lowest BCUT2D eigenvalue weighted by Crippen LogP contribution is -2.42. The smallest absolute Gasteiger partial charge is 0.336 e. The minimum atomic E-state index is -2.74. The standard InChI is InChI=1S/C6H8O7.C4H13N3.C2H4O2.CH5N.CH4/c7-3(8)1-6(13,5(11)12)2-4(9)10;5-1-3-7-4-2-6;1-2(3)4;1-2;/h13H,1-2H2,(H,7,8)(H,9,10)(H,11,12);7H,1-6H2;1H3,(H,3,4);2H2,1H3;1H4. The van der Waals surface area contributed by atoms with Crippen LogP contribution >= 0.6 is 0 Å². The normalized spacial score (nSPS) is 8.81. The lowest BCUT2D eigenvalue weighted by Gasteiger charge is -2.18. The van der Waals surface area contributed by atoms with E-state index in [4.69, 9.17) is 41.8 Å². The molecule has 0 saturated heterocycles. The van der Waals surface area contributed by atoms with E-state index in [2.05, 4.69) is 11.1 Å². The van der Waals surface area contributed by atoms with Gasteiger partial charge in [-0.2, -0.15) is 0 Å². The van der Waals surface area contributed by atoms with Crippen LogP contribution in [0.3, 0.4) is 0 Å². The molecule has 164 valence electrons. The van der Waals surface area contributed by atoms with Gasteiger partial charge in [-0.3, -0.25) is 14.4 Å². The van der Waals surface area contributed by atoms with E-state index in [-0.39, 0.29) is 7.43 Å². The maximum absolute atomic E-state index is 10.3. The summed E-state index contributed by atoms with van der Waals surface area (Å²) in [6.45, 7) is 4.22. The molecule has 0 saturated carbocycles. The van der Waals surface area contributed by atoms with E-state index >= 15 is 0 Å². The molecule has 0 amide bonds. The van der Waals surface area contributed by atoms with Crippen LogP contribution in [0.15, 0.2) is 0 Å². The van der Waals surface area contributed by atoms with Crippen LogP contribution in [0, 0.1) is 0 Å². The Kier molecular flexibility index (Phi) is 31.3. The molecule has 0 spiro atoms. The largest absolute Gasteiger partial charge is 0.481 e. The van der Waals surface area contributed by atoms with Crippen molar-refractivity contribution in [2.24, 2.45) is 17.2 Å². The zero-order chi connectivity index (χ0) is 21.8. The monoisotopic (exact) mass is 402 g/mol. The molecule has 0 aliphatic carbocycles. The molecule has 12 N–H and O–H groups in total. The molecule has 0 radical (unpaired) electrons. The first-order valence-corrected chi connectivity index (χ1v) is 7.20. The molecule has 0 fully saturated rings. The fraction of sp³-hybridized carbons (Fsp3) is 0.714. The molecule has 0 aromatic carbocycles. The highest BCUT2D eigenvalue weighted by Gasteiger charge is 2.40. The van der Waals surface area contributed by atoms with Gasteiger partial charge in [0.2, 0.25) is 0 Å². The molecule has 0 aliphatic heterocycles. The number of nitrogens with two attached hydrogens (primary N) is 3. The number of hydrogen-bond donors (Lipinski definition) is 9. The van der Waals surface area contributed by atoms with E-state index < -0.39 is 42.3 Å². The Morgan fingerprint density at radius 2 is 1.11 bits per heavy atom. The molecular formula is C14H34N4O9. The summed E-state index contributed by atoms with van der Waals surface area (Å²) in [7, 11) is 1.50. The second-order valence-electron chi connectivity index (χ2n) is 4.32. The fourth-order valence-corrected chi connectivity index (χ4v) is 1.04. The van der Waals surface area contributed by atoms with Gasteiger partial charge in [-0.25, -0.2) is 4.79 Å². The minimum Gasteiger partial charge on any atom is -0.481 e. The van der Waals surface area contributed by atoms with Crippen LogP contribution in [0.25, 0.3) is 0 Å². The third-order valence-corrected chi connectivity index (χ3v) is 1.93. The van der Waals surface area contributed by atoms with Crippen molar-refractivity contribution in [1.82, 2.24) is 5.32 Å². The van der Waals surface area contributed by atoms with Gasteiger partial charge in [0.25, 0.3) is 5.97 Å². The second kappa shape index (κ2) is 23.7. The molecular weight excluding hydrogens is 368 g/mol.